The van der Waals surface area contributed by atoms with Crippen molar-refractivity contribution < 1.29 is 19.4 Å². The van der Waals surface area contributed by atoms with Crippen molar-refractivity contribution in [3.05, 3.63) is 22.7 Å². The molecule has 2 N–H and O–H groups in total. The van der Waals surface area contributed by atoms with E-state index in [4.69, 9.17) is 16.3 Å². The number of esters is 1. The van der Waals surface area contributed by atoms with Crippen LogP contribution in [0.25, 0.3) is 0 Å². The lowest BCUT2D eigenvalue weighted by atomic mass is 10.1. The molecule has 0 atom stereocenters. The highest BCUT2D eigenvalue weighted by Gasteiger charge is 2.28. The molecular weight excluding hydrogens is 270 g/mol. The van der Waals surface area contributed by atoms with Crippen LogP contribution in [0.2, 0.25) is 5.02 Å². The van der Waals surface area contributed by atoms with E-state index in [0.717, 1.165) is 0 Å². The van der Waals surface area contributed by atoms with Gasteiger partial charge in [-0.1, -0.05) is 11.6 Å². The second kappa shape index (κ2) is 6.12. The van der Waals surface area contributed by atoms with Crippen molar-refractivity contribution >= 4 is 17.6 Å². The summed E-state index contributed by atoms with van der Waals surface area (Å²) in [7, 11) is 2.77. The van der Waals surface area contributed by atoms with Crippen LogP contribution in [0.15, 0.2) is 12.1 Å². The Morgan fingerprint density at radius 2 is 2.05 bits per heavy atom. The van der Waals surface area contributed by atoms with Gasteiger partial charge < -0.3 is 14.6 Å². The Labute approximate surface area is 117 Å². The zero-order valence-electron chi connectivity index (χ0n) is 11.4. The molecule has 0 spiro atoms. The van der Waals surface area contributed by atoms with Crippen LogP contribution in [-0.2, 0) is 16.1 Å². The van der Waals surface area contributed by atoms with E-state index in [0.29, 0.717) is 16.3 Å². The average molecular weight is 288 g/mol. The van der Waals surface area contributed by atoms with E-state index in [2.05, 4.69) is 10.1 Å². The third kappa shape index (κ3) is 3.75. The van der Waals surface area contributed by atoms with Crippen LogP contribution < -0.4 is 10.1 Å². The van der Waals surface area contributed by atoms with Gasteiger partial charge in [0.15, 0.2) is 11.5 Å². The number of rotatable bonds is 5. The molecule has 0 saturated carbocycles. The summed E-state index contributed by atoms with van der Waals surface area (Å²) in [5.41, 5.74) is -0.321. The van der Waals surface area contributed by atoms with Crippen LogP contribution in [-0.4, -0.2) is 30.8 Å². The number of nitrogens with one attached hydrogen (secondary N) is 1. The molecule has 1 aromatic rings. The molecule has 1 aromatic carbocycles. The van der Waals surface area contributed by atoms with E-state index in [1.54, 1.807) is 19.9 Å². The normalized spacial score (nSPS) is 11.2. The first-order valence-corrected chi connectivity index (χ1v) is 6.08. The molecule has 0 bridgehead atoms. The molecule has 0 aliphatic rings. The van der Waals surface area contributed by atoms with Gasteiger partial charge in [-0.15, -0.1) is 0 Å². The Hall–Kier alpha value is -1.46. The SMILES string of the molecule is COC(=O)C(C)(C)NCc1cc(Cl)cc(OC)c1O. The van der Waals surface area contributed by atoms with Gasteiger partial charge in [0.05, 0.1) is 14.2 Å². The highest BCUT2D eigenvalue weighted by molar-refractivity contribution is 6.30. The number of aromatic hydroxyl groups is 1. The summed E-state index contributed by atoms with van der Waals surface area (Å²) >= 11 is 5.93. The Bertz CT molecular complexity index is 474. The number of carbonyl (C=O) groups is 1. The summed E-state index contributed by atoms with van der Waals surface area (Å²) in [6.07, 6.45) is 0. The lowest BCUT2D eigenvalue weighted by Gasteiger charge is -2.23. The molecule has 0 amide bonds. The van der Waals surface area contributed by atoms with Crippen molar-refractivity contribution in [2.45, 2.75) is 25.9 Å². The topological polar surface area (TPSA) is 67.8 Å². The Morgan fingerprint density at radius 1 is 1.42 bits per heavy atom. The van der Waals surface area contributed by atoms with Crippen LogP contribution in [0, 0.1) is 0 Å². The minimum atomic E-state index is -0.864. The van der Waals surface area contributed by atoms with E-state index in [9.17, 15) is 9.90 Å². The van der Waals surface area contributed by atoms with Gasteiger partial charge in [0.2, 0.25) is 0 Å². The van der Waals surface area contributed by atoms with Crippen molar-refractivity contribution in [3.63, 3.8) is 0 Å². The van der Waals surface area contributed by atoms with Gasteiger partial charge in [-0.2, -0.15) is 0 Å². The van der Waals surface area contributed by atoms with E-state index in [-0.39, 0.29) is 18.3 Å². The Balaban J connectivity index is 2.89. The van der Waals surface area contributed by atoms with Gasteiger partial charge in [-0.3, -0.25) is 10.1 Å². The number of halogens is 1. The number of carbonyl (C=O) groups excluding carboxylic acids is 1. The van der Waals surface area contributed by atoms with Gasteiger partial charge in [0.1, 0.15) is 5.54 Å². The van der Waals surface area contributed by atoms with Crippen molar-refractivity contribution in [2.24, 2.45) is 0 Å². The molecule has 0 heterocycles. The number of phenols is 1. The van der Waals surface area contributed by atoms with Crippen molar-refractivity contribution in [3.8, 4) is 11.5 Å². The highest BCUT2D eigenvalue weighted by atomic mass is 35.5. The van der Waals surface area contributed by atoms with E-state index in [1.165, 1.54) is 20.3 Å². The van der Waals surface area contributed by atoms with Gasteiger partial charge in [-0.05, 0) is 19.9 Å². The summed E-state index contributed by atoms with van der Waals surface area (Å²) in [4.78, 5) is 11.5. The standard InChI is InChI=1S/C13H18ClNO4/c1-13(2,12(17)19-4)15-7-8-5-9(14)6-10(18-3)11(8)16/h5-6,15-16H,7H2,1-4H3. The number of benzene rings is 1. The van der Waals surface area contributed by atoms with Gasteiger partial charge in [0.25, 0.3) is 0 Å². The number of phenolic OH excluding ortho intramolecular Hbond substituents is 1. The van der Waals surface area contributed by atoms with Gasteiger partial charge in [0, 0.05) is 23.2 Å². The molecule has 5 nitrogen and oxygen atoms in total. The minimum Gasteiger partial charge on any atom is -0.504 e. The minimum absolute atomic E-state index is 0.0000609. The van der Waals surface area contributed by atoms with Crippen LogP contribution >= 0.6 is 11.6 Å². The van der Waals surface area contributed by atoms with Gasteiger partial charge in [-0.25, -0.2) is 0 Å². The molecular formula is C13H18ClNO4. The molecule has 0 radical (unpaired) electrons. The third-order valence-electron chi connectivity index (χ3n) is 2.76. The van der Waals surface area contributed by atoms with E-state index < -0.39 is 5.54 Å². The summed E-state index contributed by atoms with van der Waals surface area (Å²) in [5.74, 6) is -0.0961. The summed E-state index contributed by atoms with van der Waals surface area (Å²) < 4.78 is 9.70. The smallest absolute Gasteiger partial charge is 0.325 e. The lowest BCUT2D eigenvalue weighted by Crippen LogP contribution is -2.46. The predicted molar refractivity (Wildman–Crippen MR) is 72.6 cm³/mol. The number of ether oxygens (including phenoxy) is 2. The first kappa shape index (κ1) is 15.6. The van der Waals surface area contributed by atoms with Gasteiger partial charge >= 0.3 is 5.97 Å². The second-order valence-corrected chi connectivity index (χ2v) is 5.02. The monoisotopic (exact) mass is 287 g/mol. The summed E-state index contributed by atoms with van der Waals surface area (Å²) in [6, 6.07) is 3.13. The van der Waals surface area contributed by atoms with Crippen LogP contribution in [0.4, 0.5) is 0 Å². The number of hydrogen-bond donors (Lipinski definition) is 2. The maximum atomic E-state index is 11.5. The molecule has 0 saturated heterocycles. The summed E-state index contributed by atoms with van der Waals surface area (Å²) in [5, 5.41) is 13.4. The largest absolute Gasteiger partial charge is 0.504 e. The maximum absolute atomic E-state index is 11.5. The molecule has 0 unspecified atom stereocenters. The fourth-order valence-electron chi connectivity index (χ4n) is 1.56. The molecule has 1 rings (SSSR count). The molecule has 0 aliphatic carbocycles. The van der Waals surface area contributed by atoms with Crippen LogP contribution in [0.3, 0.4) is 0 Å². The molecule has 0 fully saturated rings. The van der Waals surface area contributed by atoms with Crippen molar-refractivity contribution in [1.82, 2.24) is 5.32 Å². The quantitative estimate of drug-likeness (QED) is 0.812. The molecule has 0 aliphatic heterocycles. The zero-order chi connectivity index (χ0) is 14.6. The van der Waals surface area contributed by atoms with Crippen molar-refractivity contribution in [1.29, 1.82) is 0 Å². The first-order valence-electron chi connectivity index (χ1n) is 5.70. The number of hydrogen-bond acceptors (Lipinski definition) is 5. The first-order chi connectivity index (χ1) is 8.81. The predicted octanol–water partition coefficient (Wildman–Crippen LogP) is 2.10. The van der Waals surface area contributed by atoms with Crippen LogP contribution in [0.1, 0.15) is 19.4 Å². The fraction of sp³-hybridized carbons (Fsp3) is 0.462. The lowest BCUT2D eigenvalue weighted by molar-refractivity contribution is -0.147. The fourth-order valence-corrected chi connectivity index (χ4v) is 1.79. The molecule has 19 heavy (non-hydrogen) atoms. The Kier molecular flexibility index (Phi) is 5.03. The van der Waals surface area contributed by atoms with Crippen molar-refractivity contribution in [2.75, 3.05) is 14.2 Å². The Morgan fingerprint density at radius 3 is 2.58 bits per heavy atom. The molecule has 0 aromatic heterocycles. The summed E-state index contributed by atoms with van der Waals surface area (Å²) in [6.45, 7) is 3.64. The van der Waals surface area contributed by atoms with E-state index >= 15 is 0 Å². The molecule has 106 valence electrons. The highest BCUT2D eigenvalue weighted by Crippen LogP contribution is 2.33. The van der Waals surface area contributed by atoms with Crippen LogP contribution in [0.5, 0.6) is 11.5 Å². The maximum Gasteiger partial charge on any atom is 0.325 e. The van der Waals surface area contributed by atoms with E-state index in [1.807, 2.05) is 0 Å². The third-order valence-corrected chi connectivity index (χ3v) is 2.97. The second-order valence-electron chi connectivity index (χ2n) is 4.59. The number of methoxy groups -OCH3 is 2. The molecule has 6 heteroatoms. The average Bonchev–Trinajstić information content (AvgIpc) is 2.38. The zero-order valence-corrected chi connectivity index (χ0v) is 12.2.